The molecule has 3 nitrogen and oxygen atoms in total. The van der Waals surface area contributed by atoms with Crippen LogP contribution in [0.4, 0.5) is 5.69 Å². The summed E-state index contributed by atoms with van der Waals surface area (Å²) in [7, 11) is 0. The number of thiocarbonyl (C=S) groups is 1. The molecule has 0 aliphatic heterocycles. The minimum absolute atomic E-state index is 0.0183. The van der Waals surface area contributed by atoms with Gasteiger partial charge in [0.15, 0.2) is 0 Å². The quantitative estimate of drug-likeness (QED) is 0.840. The van der Waals surface area contributed by atoms with Gasteiger partial charge in [-0.3, -0.25) is 4.79 Å². The van der Waals surface area contributed by atoms with E-state index in [0.717, 1.165) is 25.7 Å². The number of nitrogens with one attached hydrogen (secondary N) is 1. The van der Waals surface area contributed by atoms with Gasteiger partial charge in [-0.2, -0.15) is 0 Å². The van der Waals surface area contributed by atoms with E-state index < -0.39 is 0 Å². The molecule has 1 aliphatic rings. The third kappa shape index (κ3) is 3.07. The summed E-state index contributed by atoms with van der Waals surface area (Å²) in [6.07, 6.45) is 4.03. The monoisotopic (exact) mass is 296 g/mol. The van der Waals surface area contributed by atoms with Gasteiger partial charge >= 0.3 is 0 Å². The van der Waals surface area contributed by atoms with Gasteiger partial charge in [0.2, 0.25) is 5.91 Å². The highest BCUT2D eigenvalue weighted by Crippen LogP contribution is 2.38. The predicted molar refractivity (Wildman–Crippen MR) is 82.5 cm³/mol. The van der Waals surface area contributed by atoms with Crippen molar-refractivity contribution in [2.45, 2.75) is 32.6 Å². The van der Waals surface area contributed by atoms with Crippen LogP contribution in [0.1, 0.15) is 38.2 Å². The van der Waals surface area contributed by atoms with Crippen molar-refractivity contribution in [3.63, 3.8) is 0 Å². The molecule has 1 saturated carbocycles. The van der Waals surface area contributed by atoms with E-state index in [2.05, 4.69) is 5.32 Å². The van der Waals surface area contributed by atoms with Crippen LogP contribution in [0, 0.1) is 5.41 Å². The number of rotatable bonds is 3. The van der Waals surface area contributed by atoms with Crippen LogP contribution in [0.15, 0.2) is 18.2 Å². The third-order valence-corrected chi connectivity index (χ3v) is 4.21. The molecule has 2 rings (SSSR count). The summed E-state index contributed by atoms with van der Waals surface area (Å²) in [6, 6.07) is 5.13. The molecule has 0 saturated heterocycles. The number of amides is 1. The SMILES string of the molecule is CC1(C(=O)Nc2cc(Cl)ccc2C(N)=S)CCCC1. The second kappa shape index (κ2) is 5.47. The van der Waals surface area contributed by atoms with Crippen molar-refractivity contribution in [3.05, 3.63) is 28.8 Å². The van der Waals surface area contributed by atoms with E-state index in [1.807, 2.05) is 6.92 Å². The summed E-state index contributed by atoms with van der Waals surface area (Å²) >= 11 is 11.0. The number of benzene rings is 1. The minimum atomic E-state index is -0.296. The highest BCUT2D eigenvalue weighted by Gasteiger charge is 2.36. The molecule has 1 fully saturated rings. The van der Waals surface area contributed by atoms with Gasteiger partial charge in [0.05, 0.1) is 5.69 Å². The first-order valence-corrected chi connectivity index (χ1v) is 7.12. The summed E-state index contributed by atoms with van der Waals surface area (Å²) in [6.45, 7) is 2.00. The van der Waals surface area contributed by atoms with Crippen molar-refractivity contribution < 1.29 is 4.79 Å². The molecule has 0 atom stereocenters. The number of carbonyl (C=O) groups is 1. The average Bonchev–Trinajstić information content (AvgIpc) is 2.77. The smallest absolute Gasteiger partial charge is 0.230 e. The minimum Gasteiger partial charge on any atom is -0.389 e. The van der Waals surface area contributed by atoms with Gasteiger partial charge < -0.3 is 11.1 Å². The standard InChI is InChI=1S/C14H17ClN2OS/c1-14(6-2-3-7-14)13(18)17-11-8-9(15)4-5-10(11)12(16)19/h4-5,8H,2-3,6-7H2,1H3,(H2,16,19)(H,17,18). The maximum absolute atomic E-state index is 12.4. The predicted octanol–water partition coefficient (Wildman–Crippen LogP) is 3.49. The first-order valence-electron chi connectivity index (χ1n) is 6.33. The van der Waals surface area contributed by atoms with E-state index in [-0.39, 0.29) is 16.3 Å². The van der Waals surface area contributed by atoms with Crippen molar-refractivity contribution in [1.82, 2.24) is 0 Å². The van der Waals surface area contributed by atoms with Crippen LogP contribution in [0.3, 0.4) is 0 Å². The zero-order valence-electron chi connectivity index (χ0n) is 10.8. The Labute approximate surface area is 123 Å². The summed E-state index contributed by atoms with van der Waals surface area (Å²) in [5, 5.41) is 3.47. The molecule has 5 heteroatoms. The number of halogens is 1. The Hall–Kier alpha value is -1.13. The number of hydrogen-bond donors (Lipinski definition) is 2. The lowest BCUT2D eigenvalue weighted by molar-refractivity contribution is -0.124. The fraction of sp³-hybridized carbons (Fsp3) is 0.429. The molecule has 0 bridgehead atoms. The van der Waals surface area contributed by atoms with Crippen LogP contribution in [-0.2, 0) is 4.79 Å². The lowest BCUT2D eigenvalue weighted by Crippen LogP contribution is -2.31. The largest absolute Gasteiger partial charge is 0.389 e. The van der Waals surface area contributed by atoms with Crippen LogP contribution in [0.2, 0.25) is 5.02 Å². The van der Waals surface area contributed by atoms with Crippen LogP contribution in [0.5, 0.6) is 0 Å². The summed E-state index contributed by atoms with van der Waals surface area (Å²) in [5.41, 5.74) is 6.61. The van der Waals surface area contributed by atoms with E-state index in [1.54, 1.807) is 18.2 Å². The van der Waals surface area contributed by atoms with E-state index in [4.69, 9.17) is 29.6 Å². The number of carbonyl (C=O) groups excluding carboxylic acids is 1. The normalized spacial score (nSPS) is 17.2. The summed E-state index contributed by atoms with van der Waals surface area (Å²) < 4.78 is 0. The third-order valence-electron chi connectivity index (χ3n) is 3.75. The van der Waals surface area contributed by atoms with E-state index >= 15 is 0 Å². The number of hydrogen-bond acceptors (Lipinski definition) is 2. The van der Waals surface area contributed by atoms with Crippen LogP contribution >= 0.6 is 23.8 Å². The topological polar surface area (TPSA) is 55.1 Å². The van der Waals surface area contributed by atoms with E-state index in [1.165, 1.54) is 0 Å². The molecule has 0 unspecified atom stereocenters. The van der Waals surface area contributed by atoms with Crippen LogP contribution in [-0.4, -0.2) is 10.9 Å². The maximum Gasteiger partial charge on any atom is 0.230 e. The molecule has 0 radical (unpaired) electrons. The number of anilines is 1. The van der Waals surface area contributed by atoms with Gasteiger partial charge in [-0.05, 0) is 31.0 Å². The Morgan fingerprint density at radius 3 is 2.63 bits per heavy atom. The number of nitrogens with two attached hydrogens (primary N) is 1. The molecule has 1 aromatic rings. The van der Waals surface area contributed by atoms with E-state index in [9.17, 15) is 4.79 Å². The lowest BCUT2D eigenvalue weighted by Gasteiger charge is -2.23. The molecular formula is C14H17ClN2OS. The van der Waals surface area contributed by atoms with Gasteiger partial charge in [0, 0.05) is 16.0 Å². The Bertz CT molecular complexity index is 524. The van der Waals surface area contributed by atoms with Crippen LogP contribution in [0.25, 0.3) is 0 Å². The Balaban J connectivity index is 2.25. The second-order valence-electron chi connectivity index (χ2n) is 5.28. The van der Waals surface area contributed by atoms with E-state index in [0.29, 0.717) is 16.3 Å². The highest BCUT2D eigenvalue weighted by atomic mass is 35.5. The summed E-state index contributed by atoms with van der Waals surface area (Å²) in [5.74, 6) is 0.0183. The zero-order chi connectivity index (χ0) is 14.0. The first kappa shape index (κ1) is 14.3. The molecule has 1 amide bonds. The molecular weight excluding hydrogens is 280 g/mol. The first-order chi connectivity index (χ1) is 8.92. The van der Waals surface area contributed by atoms with Crippen molar-refractivity contribution in [2.75, 3.05) is 5.32 Å². The van der Waals surface area contributed by atoms with Crippen molar-refractivity contribution in [2.24, 2.45) is 11.1 Å². The molecule has 0 aromatic heterocycles. The molecule has 19 heavy (non-hydrogen) atoms. The molecule has 1 aliphatic carbocycles. The van der Waals surface area contributed by atoms with Crippen molar-refractivity contribution in [1.29, 1.82) is 0 Å². The van der Waals surface area contributed by atoms with Gasteiger partial charge in [-0.15, -0.1) is 0 Å². The fourth-order valence-corrected chi connectivity index (χ4v) is 2.84. The lowest BCUT2D eigenvalue weighted by atomic mass is 9.87. The molecule has 1 aromatic carbocycles. The Morgan fingerprint density at radius 1 is 1.42 bits per heavy atom. The van der Waals surface area contributed by atoms with Crippen molar-refractivity contribution >= 4 is 40.4 Å². The highest BCUT2D eigenvalue weighted by molar-refractivity contribution is 7.80. The van der Waals surface area contributed by atoms with Crippen LogP contribution < -0.4 is 11.1 Å². The molecule has 3 N–H and O–H groups in total. The Morgan fingerprint density at radius 2 is 2.05 bits per heavy atom. The van der Waals surface area contributed by atoms with Gasteiger partial charge in [-0.1, -0.05) is 43.6 Å². The van der Waals surface area contributed by atoms with Gasteiger partial charge in [0.1, 0.15) is 4.99 Å². The summed E-state index contributed by atoms with van der Waals surface area (Å²) in [4.78, 5) is 12.6. The zero-order valence-corrected chi connectivity index (χ0v) is 12.4. The second-order valence-corrected chi connectivity index (χ2v) is 6.15. The average molecular weight is 297 g/mol. The fourth-order valence-electron chi connectivity index (χ4n) is 2.49. The maximum atomic E-state index is 12.4. The van der Waals surface area contributed by atoms with Gasteiger partial charge in [0.25, 0.3) is 0 Å². The van der Waals surface area contributed by atoms with Crippen molar-refractivity contribution in [3.8, 4) is 0 Å². The molecule has 0 heterocycles. The Kier molecular flexibility index (Phi) is 4.11. The molecule has 0 spiro atoms. The van der Waals surface area contributed by atoms with Gasteiger partial charge in [-0.25, -0.2) is 0 Å². The molecule has 102 valence electrons.